The van der Waals surface area contributed by atoms with Gasteiger partial charge < -0.3 is 19.3 Å². The molecule has 0 saturated carbocycles. The predicted octanol–water partition coefficient (Wildman–Crippen LogP) is 10.2. The fourth-order valence-corrected chi connectivity index (χ4v) is 10.2. The lowest BCUT2D eigenvalue weighted by molar-refractivity contribution is -0.137. The number of alkyl halides is 6. The molecule has 66 heavy (non-hydrogen) atoms. The third-order valence-corrected chi connectivity index (χ3v) is 14.0. The summed E-state index contributed by atoms with van der Waals surface area (Å²) in [4.78, 5) is 7.00. The van der Waals surface area contributed by atoms with Crippen molar-refractivity contribution in [2.45, 2.75) is 44.3 Å². The van der Waals surface area contributed by atoms with E-state index in [1.165, 1.54) is 6.07 Å². The SMILES string of the molecule is CCOP(=S)(OCC)Oc1ncn(-c2ccccc2)n1.CCOP(=S)(OCC)Oc1ncn(-c2ccccc2)n1.N#Cc1nn(-c2c(Cl)cc(C(F)(F)F)cc2Cl)c(N)c1[S+]([O-])C(F)(F)F. The molecule has 3 aromatic heterocycles. The summed E-state index contributed by atoms with van der Waals surface area (Å²) in [6.45, 7) is 3.34. The Morgan fingerprint density at radius 1 is 0.727 bits per heavy atom. The fraction of sp³-hybridized carbons (Fsp3) is 0.278. The Hall–Kier alpha value is -4.35. The van der Waals surface area contributed by atoms with Crippen LogP contribution in [0.5, 0.6) is 12.0 Å². The van der Waals surface area contributed by atoms with Crippen LogP contribution in [0.15, 0.2) is 90.3 Å². The van der Waals surface area contributed by atoms with Crippen LogP contribution in [0.25, 0.3) is 17.1 Å². The van der Waals surface area contributed by atoms with Gasteiger partial charge in [-0.25, -0.2) is 14.0 Å². The minimum Gasteiger partial charge on any atom is -0.604 e. The van der Waals surface area contributed by atoms with E-state index in [4.69, 9.17) is 85.0 Å². The molecule has 6 aromatic rings. The lowest BCUT2D eigenvalue weighted by Crippen LogP contribution is -2.24. The zero-order valence-corrected chi connectivity index (χ0v) is 40.3. The normalized spacial score (nSPS) is 12.3. The van der Waals surface area contributed by atoms with E-state index in [0.29, 0.717) is 43.2 Å². The zero-order valence-electron chi connectivity index (χ0n) is 34.5. The Kier molecular flexibility index (Phi) is 19.8. The van der Waals surface area contributed by atoms with Crippen molar-refractivity contribution in [3.05, 3.63) is 107 Å². The van der Waals surface area contributed by atoms with Gasteiger partial charge in [0, 0.05) is 23.6 Å². The number of anilines is 1. The number of para-hydroxylation sites is 2. The summed E-state index contributed by atoms with van der Waals surface area (Å²) in [6.07, 6.45) is -1.67. The van der Waals surface area contributed by atoms with Gasteiger partial charge in [0.15, 0.2) is 5.82 Å². The molecule has 0 spiro atoms. The second-order valence-electron chi connectivity index (χ2n) is 11.9. The van der Waals surface area contributed by atoms with Crippen LogP contribution >= 0.6 is 36.6 Å². The molecule has 3 aromatic carbocycles. The average molecular weight is 1060 g/mol. The van der Waals surface area contributed by atoms with E-state index in [2.05, 4.69) is 25.3 Å². The summed E-state index contributed by atoms with van der Waals surface area (Å²) in [5.74, 6) is -0.902. The number of halogens is 8. The molecule has 3 heterocycles. The summed E-state index contributed by atoms with van der Waals surface area (Å²) in [5, 5.41) is 19.5. The van der Waals surface area contributed by atoms with Crippen molar-refractivity contribution in [2.75, 3.05) is 32.2 Å². The molecule has 1 unspecified atom stereocenters. The van der Waals surface area contributed by atoms with Crippen LogP contribution in [0.2, 0.25) is 10.0 Å². The molecular weight excluding hydrogens is 1030 g/mol. The second-order valence-corrected chi connectivity index (χ2v) is 20.0. The molecule has 17 nitrogen and oxygen atoms in total. The van der Waals surface area contributed by atoms with Gasteiger partial charge in [-0.05, 0) is 64.1 Å². The van der Waals surface area contributed by atoms with Crippen LogP contribution in [0.4, 0.5) is 32.2 Å². The molecule has 1 atom stereocenters. The third kappa shape index (κ3) is 14.8. The number of benzene rings is 3. The number of rotatable bonds is 16. The molecule has 0 saturated heterocycles. The Balaban J connectivity index is 0.000000219. The first-order valence-corrected chi connectivity index (χ1v) is 25.6. The second kappa shape index (κ2) is 24.1. The van der Waals surface area contributed by atoms with E-state index in [-0.39, 0.29) is 12.0 Å². The third-order valence-electron chi connectivity index (χ3n) is 7.45. The van der Waals surface area contributed by atoms with Crippen LogP contribution in [0, 0.1) is 11.3 Å². The molecule has 0 amide bonds. The summed E-state index contributed by atoms with van der Waals surface area (Å²) in [7, 11) is 0. The molecule has 0 fully saturated rings. The van der Waals surface area contributed by atoms with Crippen molar-refractivity contribution in [1.29, 1.82) is 5.26 Å². The first-order chi connectivity index (χ1) is 31.1. The number of hydrogen-bond donors (Lipinski definition) is 1. The maximum absolute atomic E-state index is 12.7. The summed E-state index contributed by atoms with van der Waals surface area (Å²) in [5.41, 5.74) is -0.650. The van der Waals surface area contributed by atoms with E-state index in [9.17, 15) is 30.9 Å². The fourth-order valence-electron chi connectivity index (χ4n) is 4.89. The van der Waals surface area contributed by atoms with Gasteiger partial charge in [-0.3, -0.25) is 18.1 Å². The number of nitrogens with two attached hydrogens (primary N) is 1. The first-order valence-electron chi connectivity index (χ1n) is 18.6. The highest BCUT2D eigenvalue weighted by Crippen LogP contribution is 2.50. The molecule has 356 valence electrons. The summed E-state index contributed by atoms with van der Waals surface area (Å²) in [6, 6.07) is 21.7. The average Bonchev–Trinajstić information content (AvgIpc) is 4.00. The van der Waals surface area contributed by atoms with E-state index in [1.807, 2.05) is 88.4 Å². The lowest BCUT2D eigenvalue weighted by atomic mass is 10.2. The van der Waals surface area contributed by atoms with E-state index < -0.39 is 74.0 Å². The molecule has 2 N–H and O–H groups in total. The van der Waals surface area contributed by atoms with Crippen molar-refractivity contribution < 1.29 is 58.0 Å². The van der Waals surface area contributed by atoms with Crippen LogP contribution in [-0.4, -0.2) is 75.8 Å². The maximum atomic E-state index is 12.7. The van der Waals surface area contributed by atoms with Gasteiger partial charge in [0.2, 0.25) is 10.6 Å². The first kappa shape index (κ1) is 54.3. The molecular formula is C36H36Cl2F6N10O7P2S3. The maximum Gasteiger partial charge on any atom is 0.578 e. The Morgan fingerprint density at radius 2 is 1.12 bits per heavy atom. The molecule has 0 aliphatic heterocycles. The van der Waals surface area contributed by atoms with Crippen LogP contribution in [0.3, 0.4) is 0 Å². The van der Waals surface area contributed by atoms with Crippen molar-refractivity contribution in [3.63, 3.8) is 0 Å². The van der Waals surface area contributed by atoms with E-state index in [1.54, 1.807) is 22.0 Å². The molecule has 0 aliphatic rings. The molecule has 30 heteroatoms. The topological polar surface area (TPSA) is 207 Å². The van der Waals surface area contributed by atoms with Gasteiger partial charge in [0.1, 0.15) is 35.6 Å². The number of nitrogen functional groups attached to an aromatic ring is 1. The molecule has 0 radical (unpaired) electrons. The van der Waals surface area contributed by atoms with Gasteiger partial charge in [-0.15, -0.1) is 28.5 Å². The highest BCUT2D eigenvalue weighted by Gasteiger charge is 2.50. The van der Waals surface area contributed by atoms with E-state index in [0.717, 1.165) is 11.4 Å². The highest BCUT2D eigenvalue weighted by molar-refractivity contribution is 8.08. The number of nitrogens with zero attached hydrogens (tertiary/aromatic N) is 9. The van der Waals surface area contributed by atoms with Crippen molar-refractivity contribution >= 4 is 77.2 Å². The molecule has 0 aliphatic carbocycles. The molecule has 0 bridgehead atoms. The smallest absolute Gasteiger partial charge is 0.578 e. The number of nitriles is 1. The van der Waals surface area contributed by atoms with Crippen molar-refractivity contribution in [1.82, 2.24) is 39.3 Å². The standard InChI is InChI=1S/C12H4Cl2F6N4OS.2C12H16N3O3PS/c13-5-1-4(11(15,16)17)2-6(14)8(5)24-10(22)9(7(3-21)23-24)26(25)12(18,19)20;2*1-3-16-19(20,17-4-2)18-12-13-10-15(14-12)11-8-6-5-7-9-11/h1-2H,22H2;2*5-10H,3-4H2,1-2H3. The summed E-state index contributed by atoms with van der Waals surface area (Å²) < 4.78 is 124. The number of aromatic nitrogens is 8. The Labute approximate surface area is 396 Å². The zero-order chi connectivity index (χ0) is 48.9. The van der Waals surface area contributed by atoms with Crippen LogP contribution < -0.4 is 14.8 Å². The predicted molar refractivity (Wildman–Crippen MR) is 239 cm³/mol. The quantitative estimate of drug-likeness (QED) is 0.0543. The van der Waals surface area contributed by atoms with Gasteiger partial charge in [0.25, 0.3) is 0 Å². The minimum atomic E-state index is -5.25. The Bertz CT molecular complexity index is 2510. The monoisotopic (exact) mass is 1060 g/mol. The van der Waals surface area contributed by atoms with Crippen LogP contribution in [-0.2, 0) is 59.1 Å². The van der Waals surface area contributed by atoms with Gasteiger partial charge >= 0.3 is 37.1 Å². The highest BCUT2D eigenvalue weighted by atomic mass is 35.5. The van der Waals surface area contributed by atoms with Crippen LogP contribution in [0.1, 0.15) is 39.0 Å². The van der Waals surface area contributed by atoms with Crippen molar-refractivity contribution in [2.24, 2.45) is 0 Å². The largest absolute Gasteiger partial charge is 0.604 e. The van der Waals surface area contributed by atoms with Crippen molar-refractivity contribution in [3.8, 4) is 35.2 Å². The van der Waals surface area contributed by atoms with Gasteiger partial charge in [-0.2, -0.15) is 28.4 Å². The molecule has 6 rings (SSSR count). The summed E-state index contributed by atoms with van der Waals surface area (Å²) >= 11 is 18.3. The minimum absolute atomic E-state index is 0.152. The van der Waals surface area contributed by atoms with Gasteiger partial charge in [0.05, 0.1) is 53.4 Å². The van der Waals surface area contributed by atoms with E-state index >= 15 is 0 Å². The lowest BCUT2D eigenvalue weighted by Gasteiger charge is -2.18. The van der Waals surface area contributed by atoms with Gasteiger partial charge in [-0.1, -0.05) is 59.6 Å². The Morgan fingerprint density at radius 3 is 1.45 bits per heavy atom. The number of hydrogen-bond acceptors (Lipinski definition) is 16.